The van der Waals surface area contributed by atoms with E-state index in [1.807, 2.05) is 25.3 Å². The fourth-order valence-electron chi connectivity index (χ4n) is 2.22. The highest BCUT2D eigenvalue weighted by Crippen LogP contribution is 2.28. The first-order valence-electron chi connectivity index (χ1n) is 6.97. The van der Waals surface area contributed by atoms with Crippen molar-refractivity contribution in [3.05, 3.63) is 62.5 Å². The summed E-state index contributed by atoms with van der Waals surface area (Å²) < 4.78 is 1.67. The molecule has 5 heteroatoms. The Balaban J connectivity index is 2.26. The average Bonchev–Trinajstić information content (AvgIpc) is 2.49. The van der Waals surface area contributed by atoms with Gasteiger partial charge in [-0.3, -0.25) is 4.79 Å². The molecule has 3 nitrogen and oxygen atoms in total. The molecular formula is C16H18Cl2N2O. The molecule has 1 heterocycles. The monoisotopic (exact) mass is 324 g/mol. The molecular weight excluding hydrogens is 307 g/mol. The van der Waals surface area contributed by atoms with Crippen molar-refractivity contribution in [2.24, 2.45) is 0 Å². The fourth-order valence-corrected chi connectivity index (χ4v) is 2.52. The first-order valence-corrected chi connectivity index (χ1v) is 7.72. The van der Waals surface area contributed by atoms with E-state index in [1.165, 1.54) is 0 Å². The van der Waals surface area contributed by atoms with Crippen LogP contribution in [-0.4, -0.2) is 4.57 Å². The maximum atomic E-state index is 11.6. The third-order valence-corrected chi connectivity index (χ3v) is 4.16. The van der Waals surface area contributed by atoms with Gasteiger partial charge >= 0.3 is 0 Å². The summed E-state index contributed by atoms with van der Waals surface area (Å²) in [6.07, 6.45) is 2.73. The van der Waals surface area contributed by atoms with Gasteiger partial charge in [0, 0.05) is 18.8 Å². The molecule has 0 spiro atoms. The predicted octanol–water partition coefficient (Wildman–Crippen LogP) is 4.74. The van der Waals surface area contributed by atoms with Crippen molar-refractivity contribution in [3.63, 3.8) is 0 Å². The molecule has 2 aromatic rings. The van der Waals surface area contributed by atoms with Crippen LogP contribution in [0.25, 0.3) is 0 Å². The lowest BCUT2D eigenvalue weighted by Gasteiger charge is -2.20. The van der Waals surface area contributed by atoms with Crippen molar-refractivity contribution in [1.29, 1.82) is 0 Å². The molecule has 1 unspecified atom stereocenters. The summed E-state index contributed by atoms with van der Waals surface area (Å²) in [4.78, 5) is 11.6. The third kappa shape index (κ3) is 3.80. The van der Waals surface area contributed by atoms with E-state index < -0.39 is 0 Å². The Morgan fingerprint density at radius 1 is 1.14 bits per heavy atom. The second kappa shape index (κ2) is 7.01. The molecule has 0 aliphatic carbocycles. The van der Waals surface area contributed by atoms with Crippen molar-refractivity contribution >= 4 is 28.9 Å². The van der Waals surface area contributed by atoms with Crippen LogP contribution in [0.5, 0.6) is 0 Å². The van der Waals surface area contributed by atoms with E-state index >= 15 is 0 Å². The van der Waals surface area contributed by atoms with E-state index in [0.717, 1.165) is 17.7 Å². The minimum atomic E-state index is 0.00522. The van der Waals surface area contributed by atoms with Gasteiger partial charge in [0.15, 0.2) is 0 Å². The summed E-state index contributed by atoms with van der Waals surface area (Å²) in [5.74, 6) is 0. The molecule has 1 aromatic heterocycles. The van der Waals surface area contributed by atoms with Gasteiger partial charge in [-0.15, -0.1) is 0 Å². The van der Waals surface area contributed by atoms with E-state index in [0.29, 0.717) is 16.6 Å². The number of pyridine rings is 1. The maximum absolute atomic E-state index is 11.6. The second-order valence-electron chi connectivity index (χ2n) is 4.82. The lowest BCUT2D eigenvalue weighted by Crippen LogP contribution is -2.19. The lowest BCUT2D eigenvalue weighted by atomic mass is 10.0. The summed E-state index contributed by atoms with van der Waals surface area (Å²) >= 11 is 12.0. The van der Waals surface area contributed by atoms with Gasteiger partial charge in [0.2, 0.25) is 0 Å². The number of halogens is 2. The van der Waals surface area contributed by atoms with Crippen LogP contribution in [0.4, 0.5) is 5.69 Å². The molecule has 2 rings (SSSR count). The number of nitrogens with one attached hydrogen (secondary N) is 1. The van der Waals surface area contributed by atoms with Gasteiger partial charge in [0.25, 0.3) is 5.56 Å². The number of aromatic nitrogens is 1. The van der Waals surface area contributed by atoms with Crippen LogP contribution >= 0.6 is 23.2 Å². The van der Waals surface area contributed by atoms with Crippen LogP contribution in [0, 0.1) is 0 Å². The van der Waals surface area contributed by atoms with Crippen LogP contribution in [0.2, 0.25) is 10.0 Å². The molecule has 0 bridgehead atoms. The number of aryl methyl sites for hydroxylation is 1. The first kappa shape index (κ1) is 15.9. The molecule has 1 aromatic carbocycles. The van der Waals surface area contributed by atoms with E-state index in [2.05, 4.69) is 12.2 Å². The van der Waals surface area contributed by atoms with Crippen molar-refractivity contribution in [2.75, 3.05) is 5.32 Å². The summed E-state index contributed by atoms with van der Waals surface area (Å²) in [5.41, 5.74) is 1.99. The summed E-state index contributed by atoms with van der Waals surface area (Å²) in [5, 5.41) is 4.53. The zero-order valence-corrected chi connectivity index (χ0v) is 13.6. The van der Waals surface area contributed by atoms with E-state index in [4.69, 9.17) is 23.2 Å². The van der Waals surface area contributed by atoms with Crippen molar-refractivity contribution in [2.45, 2.75) is 32.9 Å². The smallest absolute Gasteiger partial charge is 0.250 e. The second-order valence-corrected chi connectivity index (χ2v) is 5.64. The molecule has 0 radical (unpaired) electrons. The molecule has 0 saturated heterocycles. The quantitative estimate of drug-likeness (QED) is 0.862. The summed E-state index contributed by atoms with van der Waals surface area (Å²) in [6, 6.07) is 9.13. The Morgan fingerprint density at radius 3 is 2.52 bits per heavy atom. The highest BCUT2D eigenvalue weighted by atomic mass is 35.5. The Morgan fingerprint density at radius 2 is 1.90 bits per heavy atom. The molecule has 1 N–H and O–H groups in total. The Hall–Kier alpha value is -1.45. The van der Waals surface area contributed by atoms with Crippen molar-refractivity contribution < 1.29 is 0 Å². The zero-order chi connectivity index (χ0) is 15.4. The zero-order valence-electron chi connectivity index (χ0n) is 12.1. The largest absolute Gasteiger partial charge is 0.377 e. The van der Waals surface area contributed by atoms with Gasteiger partial charge in [-0.25, -0.2) is 0 Å². The topological polar surface area (TPSA) is 34.0 Å². The fraction of sp³-hybridized carbons (Fsp3) is 0.312. The number of anilines is 1. The molecule has 0 fully saturated rings. The molecule has 112 valence electrons. The minimum absolute atomic E-state index is 0.00522. The van der Waals surface area contributed by atoms with Crippen LogP contribution < -0.4 is 10.9 Å². The van der Waals surface area contributed by atoms with Gasteiger partial charge < -0.3 is 9.88 Å². The summed E-state index contributed by atoms with van der Waals surface area (Å²) in [6.45, 7) is 4.69. The van der Waals surface area contributed by atoms with Crippen LogP contribution in [-0.2, 0) is 6.54 Å². The first-order chi connectivity index (χ1) is 10.0. The molecule has 21 heavy (non-hydrogen) atoms. The average molecular weight is 325 g/mol. The van der Waals surface area contributed by atoms with Crippen molar-refractivity contribution in [1.82, 2.24) is 4.57 Å². The molecule has 1 atom stereocenters. The number of hydrogen-bond donors (Lipinski definition) is 1. The van der Waals surface area contributed by atoms with Gasteiger partial charge in [-0.2, -0.15) is 0 Å². The summed E-state index contributed by atoms with van der Waals surface area (Å²) in [7, 11) is 0. The standard InChI is InChI=1S/C16H18Cl2N2O/c1-3-15(11-5-7-13(17)14(18)9-11)19-12-6-8-16(21)20(4-2)10-12/h5-10,15,19H,3-4H2,1-2H3. The predicted molar refractivity (Wildman–Crippen MR) is 89.5 cm³/mol. The number of hydrogen-bond acceptors (Lipinski definition) is 2. The van der Waals surface area contributed by atoms with E-state index in [1.54, 1.807) is 22.8 Å². The number of rotatable bonds is 5. The molecule has 0 aliphatic rings. The molecule has 0 aliphatic heterocycles. The maximum Gasteiger partial charge on any atom is 0.250 e. The van der Waals surface area contributed by atoms with Gasteiger partial charge in [-0.05, 0) is 37.1 Å². The van der Waals surface area contributed by atoms with Gasteiger partial charge in [0.05, 0.1) is 21.8 Å². The van der Waals surface area contributed by atoms with E-state index in [-0.39, 0.29) is 11.6 Å². The molecule has 0 amide bonds. The van der Waals surface area contributed by atoms with Crippen molar-refractivity contribution in [3.8, 4) is 0 Å². The van der Waals surface area contributed by atoms with Crippen LogP contribution in [0.15, 0.2) is 41.3 Å². The van der Waals surface area contributed by atoms with Gasteiger partial charge in [-0.1, -0.05) is 36.2 Å². The highest BCUT2D eigenvalue weighted by Gasteiger charge is 2.11. The number of benzene rings is 1. The normalized spacial score (nSPS) is 12.2. The minimum Gasteiger partial charge on any atom is -0.377 e. The van der Waals surface area contributed by atoms with Crippen LogP contribution in [0.1, 0.15) is 31.9 Å². The SMILES string of the molecule is CCC(Nc1ccc(=O)n(CC)c1)c1ccc(Cl)c(Cl)c1. The third-order valence-electron chi connectivity index (χ3n) is 3.42. The number of nitrogens with zero attached hydrogens (tertiary/aromatic N) is 1. The molecule has 0 saturated carbocycles. The lowest BCUT2D eigenvalue weighted by molar-refractivity contribution is 0.715. The van der Waals surface area contributed by atoms with Crippen LogP contribution in [0.3, 0.4) is 0 Å². The highest BCUT2D eigenvalue weighted by molar-refractivity contribution is 6.42. The Bertz CT molecular complexity index is 682. The van der Waals surface area contributed by atoms with Gasteiger partial charge in [0.1, 0.15) is 0 Å². The van der Waals surface area contributed by atoms with E-state index in [9.17, 15) is 4.79 Å². The Labute approximate surface area is 134 Å². The Kier molecular flexibility index (Phi) is 5.32.